The zero-order valence-electron chi connectivity index (χ0n) is 12.9. The highest BCUT2D eigenvalue weighted by Gasteiger charge is 2.17. The minimum absolute atomic E-state index is 0.0869. The summed E-state index contributed by atoms with van der Waals surface area (Å²) in [6.07, 6.45) is 1.81. The quantitative estimate of drug-likeness (QED) is 0.791. The molecule has 21 heavy (non-hydrogen) atoms. The number of hydrogen-bond donors (Lipinski definition) is 2. The first-order valence-electron chi connectivity index (χ1n) is 7.16. The van der Waals surface area contributed by atoms with Gasteiger partial charge in [-0.1, -0.05) is 31.8 Å². The van der Waals surface area contributed by atoms with E-state index in [1.54, 1.807) is 24.3 Å². The predicted molar refractivity (Wildman–Crippen MR) is 86.2 cm³/mol. The molecule has 1 atom stereocenters. The molecule has 116 valence electrons. The highest BCUT2D eigenvalue weighted by molar-refractivity contribution is 7.89. The molecule has 0 spiro atoms. The van der Waals surface area contributed by atoms with Gasteiger partial charge in [0.15, 0.2) is 0 Å². The Labute approximate surface area is 128 Å². The van der Waals surface area contributed by atoms with Gasteiger partial charge in [0.05, 0.1) is 11.4 Å². The van der Waals surface area contributed by atoms with Crippen molar-refractivity contribution in [2.24, 2.45) is 11.7 Å². The molecule has 0 saturated heterocycles. The van der Waals surface area contributed by atoms with Gasteiger partial charge in [0, 0.05) is 11.6 Å². The number of rotatable bonds is 6. The summed E-state index contributed by atoms with van der Waals surface area (Å²) < 4.78 is 27.4. The van der Waals surface area contributed by atoms with E-state index < -0.39 is 10.0 Å². The van der Waals surface area contributed by atoms with Gasteiger partial charge in [0.2, 0.25) is 10.0 Å². The fourth-order valence-electron chi connectivity index (χ4n) is 1.87. The van der Waals surface area contributed by atoms with E-state index in [2.05, 4.69) is 30.4 Å². The van der Waals surface area contributed by atoms with Crippen LogP contribution in [-0.2, 0) is 10.0 Å². The first-order valence-corrected chi connectivity index (χ1v) is 8.65. The van der Waals surface area contributed by atoms with E-state index in [-0.39, 0.29) is 17.5 Å². The summed E-state index contributed by atoms with van der Waals surface area (Å²) in [4.78, 5) is 0.239. The molecule has 0 aliphatic heterocycles. The molecule has 0 bridgehead atoms. The van der Waals surface area contributed by atoms with Crippen LogP contribution in [0.1, 0.15) is 39.2 Å². The van der Waals surface area contributed by atoms with Gasteiger partial charge in [0.1, 0.15) is 0 Å². The Hall–Kier alpha value is -1.35. The average Bonchev–Trinajstić information content (AvgIpc) is 2.43. The normalized spacial score (nSPS) is 12.8. The Morgan fingerprint density at radius 2 is 1.95 bits per heavy atom. The average molecular weight is 308 g/mol. The van der Waals surface area contributed by atoms with Crippen LogP contribution in [-0.4, -0.2) is 21.0 Å². The largest absolute Gasteiger partial charge is 0.320 e. The molecule has 1 unspecified atom stereocenters. The lowest BCUT2D eigenvalue weighted by atomic mass is 10.1. The van der Waals surface area contributed by atoms with E-state index in [1.807, 2.05) is 6.92 Å². The fourth-order valence-corrected chi connectivity index (χ4v) is 3.19. The third-order valence-electron chi connectivity index (χ3n) is 3.01. The molecule has 1 rings (SSSR count). The van der Waals surface area contributed by atoms with Gasteiger partial charge in [-0.3, -0.25) is 0 Å². The van der Waals surface area contributed by atoms with Crippen molar-refractivity contribution in [3.63, 3.8) is 0 Å². The molecule has 0 saturated carbocycles. The summed E-state index contributed by atoms with van der Waals surface area (Å²) in [7, 11) is -3.50. The second-order valence-corrected chi connectivity index (χ2v) is 7.24. The number of nitrogens with two attached hydrogens (primary N) is 1. The second-order valence-electron chi connectivity index (χ2n) is 5.53. The maximum Gasteiger partial charge on any atom is 0.240 e. The van der Waals surface area contributed by atoms with Crippen molar-refractivity contribution in [1.29, 1.82) is 0 Å². The van der Waals surface area contributed by atoms with Crippen molar-refractivity contribution in [3.05, 3.63) is 29.8 Å². The third kappa shape index (κ3) is 6.30. The molecule has 0 heterocycles. The first kappa shape index (κ1) is 17.7. The third-order valence-corrected chi connectivity index (χ3v) is 4.60. The molecule has 3 N–H and O–H groups in total. The van der Waals surface area contributed by atoms with Crippen LogP contribution >= 0.6 is 0 Å². The van der Waals surface area contributed by atoms with Crippen LogP contribution in [0.3, 0.4) is 0 Å². The van der Waals surface area contributed by atoms with Crippen LogP contribution in [0.5, 0.6) is 0 Å². The minimum atomic E-state index is -3.50. The Morgan fingerprint density at radius 3 is 2.57 bits per heavy atom. The van der Waals surface area contributed by atoms with Gasteiger partial charge >= 0.3 is 0 Å². The van der Waals surface area contributed by atoms with Crippen LogP contribution in [0.2, 0.25) is 0 Å². The standard InChI is InChI=1S/C16H24N2O2S/c1-13(2)9-10-14(3)18-21(19,20)16-8-4-6-15(12-16)7-5-11-17/h4,6,8,12-14,18H,9-11,17H2,1-3H3. The van der Waals surface area contributed by atoms with Crippen molar-refractivity contribution in [2.45, 2.75) is 44.6 Å². The van der Waals surface area contributed by atoms with Crippen LogP contribution < -0.4 is 10.5 Å². The molecule has 0 amide bonds. The zero-order chi connectivity index (χ0) is 15.9. The highest BCUT2D eigenvalue weighted by Crippen LogP contribution is 2.13. The van der Waals surface area contributed by atoms with Gasteiger partial charge in [-0.2, -0.15) is 0 Å². The minimum Gasteiger partial charge on any atom is -0.320 e. The van der Waals surface area contributed by atoms with Crippen LogP contribution in [0.4, 0.5) is 0 Å². The molecule has 1 aromatic rings. The van der Waals surface area contributed by atoms with Crippen LogP contribution in [0.25, 0.3) is 0 Å². The maximum absolute atomic E-state index is 12.3. The topological polar surface area (TPSA) is 72.2 Å². The Kier molecular flexibility index (Phi) is 6.90. The smallest absolute Gasteiger partial charge is 0.240 e. The Bertz CT molecular complexity index is 613. The molecule has 0 aliphatic carbocycles. The zero-order valence-corrected chi connectivity index (χ0v) is 13.7. The molecular formula is C16H24N2O2S. The predicted octanol–water partition coefficient (Wildman–Crippen LogP) is 2.10. The lowest BCUT2D eigenvalue weighted by Crippen LogP contribution is -2.32. The van der Waals surface area contributed by atoms with Gasteiger partial charge in [-0.25, -0.2) is 13.1 Å². The van der Waals surface area contributed by atoms with E-state index in [0.717, 1.165) is 12.8 Å². The van der Waals surface area contributed by atoms with Crippen LogP contribution in [0, 0.1) is 17.8 Å². The lowest BCUT2D eigenvalue weighted by Gasteiger charge is -2.15. The summed E-state index contributed by atoms with van der Waals surface area (Å²) in [5.41, 5.74) is 5.97. The SMILES string of the molecule is CC(C)CCC(C)NS(=O)(=O)c1cccc(C#CCN)c1. The van der Waals surface area contributed by atoms with Crippen molar-refractivity contribution >= 4 is 10.0 Å². The summed E-state index contributed by atoms with van der Waals surface area (Å²) in [6.45, 7) is 6.39. The Balaban J connectivity index is 2.83. The summed E-state index contributed by atoms with van der Waals surface area (Å²) in [5.74, 6) is 6.12. The molecular weight excluding hydrogens is 284 g/mol. The van der Waals surface area contributed by atoms with E-state index in [1.165, 1.54) is 0 Å². The molecule has 0 radical (unpaired) electrons. The van der Waals surface area contributed by atoms with Crippen molar-refractivity contribution in [1.82, 2.24) is 4.72 Å². The van der Waals surface area contributed by atoms with E-state index in [0.29, 0.717) is 11.5 Å². The van der Waals surface area contributed by atoms with Crippen molar-refractivity contribution in [3.8, 4) is 11.8 Å². The number of hydrogen-bond acceptors (Lipinski definition) is 3. The fraction of sp³-hybridized carbons (Fsp3) is 0.500. The molecule has 0 aliphatic rings. The first-order chi connectivity index (χ1) is 9.85. The second kappa shape index (κ2) is 8.18. The van der Waals surface area contributed by atoms with Crippen molar-refractivity contribution < 1.29 is 8.42 Å². The monoisotopic (exact) mass is 308 g/mol. The lowest BCUT2D eigenvalue weighted by molar-refractivity contribution is 0.485. The van der Waals surface area contributed by atoms with E-state index in [9.17, 15) is 8.42 Å². The maximum atomic E-state index is 12.3. The van der Waals surface area contributed by atoms with Crippen LogP contribution in [0.15, 0.2) is 29.2 Å². The van der Waals surface area contributed by atoms with Gasteiger partial charge < -0.3 is 5.73 Å². The number of nitrogens with one attached hydrogen (secondary N) is 1. The molecule has 0 aromatic heterocycles. The summed E-state index contributed by atoms with van der Waals surface area (Å²) in [6, 6.07) is 6.51. The molecule has 5 heteroatoms. The van der Waals surface area contributed by atoms with Gasteiger partial charge in [0.25, 0.3) is 0 Å². The number of benzene rings is 1. The Morgan fingerprint density at radius 1 is 1.24 bits per heavy atom. The summed E-state index contributed by atoms with van der Waals surface area (Å²) in [5, 5.41) is 0. The van der Waals surface area contributed by atoms with E-state index in [4.69, 9.17) is 5.73 Å². The highest BCUT2D eigenvalue weighted by atomic mass is 32.2. The summed E-state index contributed by atoms with van der Waals surface area (Å²) >= 11 is 0. The van der Waals surface area contributed by atoms with Gasteiger partial charge in [-0.05, 0) is 43.9 Å². The van der Waals surface area contributed by atoms with E-state index >= 15 is 0 Å². The van der Waals surface area contributed by atoms with Crippen molar-refractivity contribution in [2.75, 3.05) is 6.54 Å². The molecule has 4 nitrogen and oxygen atoms in total. The van der Waals surface area contributed by atoms with Gasteiger partial charge in [-0.15, -0.1) is 0 Å². The molecule has 0 fully saturated rings. The number of sulfonamides is 1. The molecule has 1 aromatic carbocycles.